The Morgan fingerprint density at radius 3 is 2.52 bits per heavy atom. The maximum atomic E-state index is 12.8. The van der Waals surface area contributed by atoms with Crippen molar-refractivity contribution >= 4 is 15.9 Å². The van der Waals surface area contributed by atoms with Crippen LogP contribution in [0.5, 0.6) is 0 Å². The summed E-state index contributed by atoms with van der Waals surface area (Å²) in [6, 6.07) is 0.217. The number of hydrogen-bond acceptors (Lipinski definition) is 6. The molecule has 0 radical (unpaired) electrons. The molecule has 1 saturated heterocycles. The SMILES string of the molecule is CCN[C@H](C)CNC(=O)C1CCN(S(=O)(=O)c2c(C)noc2C)CC1. The molecule has 2 rings (SSSR count). The van der Waals surface area contributed by atoms with Crippen molar-refractivity contribution in [2.45, 2.75) is 51.5 Å². The van der Waals surface area contributed by atoms with E-state index in [1.165, 1.54) is 4.31 Å². The van der Waals surface area contributed by atoms with Crippen LogP contribution in [0.3, 0.4) is 0 Å². The lowest BCUT2D eigenvalue weighted by Gasteiger charge is -2.30. The molecule has 0 saturated carbocycles. The molecule has 8 nitrogen and oxygen atoms in total. The molecular weight excluding hydrogens is 344 g/mol. The number of aryl methyl sites for hydroxylation is 2. The second kappa shape index (κ2) is 8.29. The number of amides is 1. The number of carbonyl (C=O) groups is 1. The van der Waals surface area contributed by atoms with Gasteiger partial charge in [0.1, 0.15) is 10.6 Å². The second-order valence-corrected chi connectivity index (χ2v) is 8.41. The first-order chi connectivity index (χ1) is 11.8. The highest BCUT2D eigenvalue weighted by Gasteiger charge is 2.35. The molecule has 1 aromatic heterocycles. The number of hydrogen-bond donors (Lipinski definition) is 2. The third kappa shape index (κ3) is 4.59. The average molecular weight is 372 g/mol. The van der Waals surface area contributed by atoms with Crippen LogP contribution in [0.1, 0.15) is 38.1 Å². The second-order valence-electron chi connectivity index (χ2n) is 6.54. The van der Waals surface area contributed by atoms with Gasteiger partial charge in [-0.1, -0.05) is 12.1 Å². The van der Waals surface area contributed by atoms with Gasteiger partial charge in [0.05, 0.1) is 0 Å². The minimum absolute atomic E-state index is 0.000796. The van der Waals surface area contributed by atoms with Gasteiger partial charge in [0.2, 0.25) is 15.9 Å². The lowest BCUT2D eigenvalue weighted by molar-refractivity contribution is -0.126. The predicted octanol–water partition coefficient (Wildman–Crippen LogP) is 0.806. The third-order valence-electron chi connectivity index (χ3n) is 4.53. The van der Waals surface area contributed by atoms with Crippen LogP contribution in [0.25, 0.3) is 0 Å². The number of sulfonamides is 1. The fourth-order valence-electron chi connectivity index (χ4n) is 3.15. The Balaban J connectivity index is 1.92. The number of nitrogens with zero attached hydrogens (tertiary/aromatic N) is 2. The van der Waals surface area contributed by atoms with Crippen LogP contribution < -0.4 is 10.6 Å². The Morgan fingerprint density at radius 2 is 2.00 bits per heavy atom. The highest BCUT2D eigenvalue weighted by Crippen LogP contribution is 2.27. The van der Waals surface area contributed by atoms with Crippen LogP contribution in [0.15, 0.2) is 9.42 Å². The Morgan fingerprint density at radius 1 is 1.36 bits per heavy atom. The van der Waals surface area contributed by atoms with E-state index in [2.05, 4.69) is 15.8 Å². The van der Waals surface area contributed by atoms with Crippen LogP contribution in [-0.2, 0) is 14.8 Å². The maximum absolute atomic E-state index is 12.8. The minimum atomic E-state index is -3.63. The van der Waals surface area contributed by atoms with Gasteiger partial charge in [-0.2, -0.15) is 4.31 Å². The molecule has 1 atom stereocenters. The average Bonchev–Trinajstić information content (AvgIpc) is 2.92. The van der Waals surface area contributed by atoms with Crippen molar-refractivity contribution in [2.75, 3.05) is 26.2 Å². The Kier molecular flexibility index (Phi) is 6.59. The summed E-state index contributed by atoms with van der Waals surface area (Å²) in [6.45, 7) is 9.34. The van der Waals surface area contributed by atoms with Gasteiger partial charge in [-0.05, 0) is 40.2 Å². The van der Waals surface area contributed by atoms with Gasteiger partial charge in [0, 0.05) is 31.6 Å². The van der Waals surface area contributed by atoms with Gasteiger partial charge < -0.3 is 15.2 Å². The summed E-state index contributed by atoms with van der Waals surface area (Å²) in [5, 5.41) is 9.91. The molecule has 142 valence electrons. The van der Waals surface area contributed by atoms with Crippen LogP contribution in [0, 0.1) is 19.8 Å². The van der Waals surface area contributed by atoms with Crippen LogP contribution >= 0.6 is 0 Å². The van der Waals surface area contributed by atoms with E-state index in [1.807, 2.05) is 13.8 Å². The molecular formula is C16H28N4O4S. The van der Waals surface area contributed by atoms with E-state index in [4.69, 9.17) is 4.52 Å². The number of carbonyl (C=O) groups excluding carboxylic acids is 1. The van der Waals surface area contributed by atoms with Crippen molar-refractivity contribution in [2.24, 2.45) is 5.92 Å². The zero-order valence-electron chi connectivity index (χ0n) is 15.3. The Labute approximate surface area is 149 Å². The van der Waals surface area contributed by atoms with Crippen molar-refractivity contribution in [1.82, 2.24) is 20.1 Å². The first-order valence-electron chi connectivity index (χ1n) is 8.71. The fraction of sp³-hybridized carbons (Fsp3) is 0.750. The van der Waals surface area contributed by atoms with Crippen LogP contribution in [0.2, 0.25) is 0 Å². The number of nitrogens with one attached hydrogen (secondary N) is 2. The van der Waals surface area contributed by atoms with E-state index in [-0.39, 0.29) is 22.8 Å². The first kappa shape index (κ1) is 19.9. The molecule has 2 N–H and O–H groups in total. The zero-order chi connectivity index (χ0) is 18.6. The van der Waals surface area contributed by atoms with Crippen molar-refractivity contribution in [1.29, 1.82) is 0 Å². The molecule has 0 spiro atoms. The molecule has 0 unspecified atom stereocenters. The topological polar surface area (TPSA) is 105 Å². The standard InChI is InChI=1S/C16H28N4O4S/c1-5-17-11(2)10-18-16(21)14-6-8-20(9-7-14)25(22,23)15-12(3)19-24-13(15)4/h11,14,17H,5-10H2,1-4H3,(H,18,21)/t11-/m1/s1. The van der Waals surface area contributed by atoms with Crippen LogP contribution in [-0.4, -0.2) is 56.0 Å². The quantitative estimate of drug-likeness (QED) is 0.734. The lowest BCUT2D eigenvalue weighted by Crippen LogP contribution is -2.45. The normalized spacial score (nSPS) is 18.2. The molecule has 1 aliphatic rings. The van der Waals surface area contributed by atoms with E-state index < -0.39 is 10.0 Å². The van der Waals surface area contributed by atoms with Crippen molar-refractivity contribution in [3.63, 3.8) is 0 Å². The minimum Gasteiger partial charge on any atom is -0.360 e. The summed E-state index contributed by atoms with van der Waals surface area (Å²) in [5.41, 5.74) is 0.370. The zero-order valence-corrected chi connectivity index (χ0v) is 16.1. The molecule has 0 aliphatic carbocycles. The molecule has 25 heavy (non-hydrogen) atoms. The molecule has 1 amide bonds. The van der Waals surface area contributed by atoms with E-state index in [9.17, 15) is 13.2 Å². The molecule has 1 aliphatic heterocycles. The summed E-state index contributed by atoms with van der Waals surface area (Å²) in [6.07, 6.45) is 1.04. The number of aromatic nitrogens is 1. The fourth-order valence-corrected chi connectivity index (χ4v) is 4.91. The molecule has 1 aromatic rings. The number of piperidine rings is 1. The van der Waals surface area contributed by atoms with E-state index in [1.54, 1.807) is 13.8 Å². The highest BCUT2D eigenvalue weighted by atomic mass is 32.2. The third-order valence-corrected chi connectivity index (χ3v) is 6.67. The van der Waals surface area contributed by atoms with Crippen molar-refractivity contribution in [3.8, 4) is 0 Å². The van der Waals surface area contributed by atoms with Gasteiger partial charge >= 0.3 is 0 Å². The Bertz CT molecular complexity index is 673. The van der Waals surface area contributed by atoms with Crippen molar-refractivity contribution < 1.29 is 17.7 Å². The predicted molar refractivity (Wildman–Crippen MR) is 93.6 cm³/mol. The summed E-state index contributed by atoms with van der Waals surface area (Å²) in [5.74, 6) is 0.152. The molecule has 0 aromatic carbocycles. The summed E-state index contributed by atoms with van der Waals surface area (Å²) >= 11 is 0. The highest BCUT2D eigenvalue weighted by molar-refractivity contribution is 7.89. The van der Waals surface area contributed by atoms with Gasteiger partial charge in [-0.3, -0.25) is 4.79 Å². The molecule has 0 bridgehead atoms. The van der Waals surface area contributed by atoms with Gasteiger partial charge in [-0.15, -0.1) is 0 Å². The number of likely N-dealkylation sites (N-methyl/N-ethyl adjacent to an activating group) is 1. The van der Waals surface area contributed by atoms with Crippen molar-refractivity contribution in [3.05, 3.63) is 11.5 Å². The summed E-state index contributed by atoms with van der Waals surface area (Å²) in [4.78, 5) is 12.4. The maximum Gasteiger partial charge on any atom is 0.248 e. The van der Waals surface area contributed by atoms with Gasteiger partial charge in [-0.25, -0.2) is 8.42 Å². The van der Waals surface area contributed by atoms with E-state index >= 15 is 0 Å². The van der Waals surface area contributed by atoms with E-state index in [0.29, 0.717) is 43.9 Å². The monoisotopic (exact) mass is 372 g/mol. The summed E-state index contributed by atoms with van der Waals surface area (Å²) in [7, 11) is -3.63. The van der Waals surface area contributed by atoms with Crippen LogP contribution in [0.4, 0.5) is 0 Å². The molecule has 9 heteroatoms. The molecule has 1 fully saturated rings. The van der Waals surface area contributed by atoms with E-state index in [0.717, 1.165) is 6.54 Å². The number of rotatable bonds is 7. The van der Waals surface area contributed by atoms with Gasteiger partial charge in [0.15, 0.2) is 5.76 Å². The summed E-state index contributed by atoms with van der Waals surface area (Å²) < 4.78 is 31.9. The first-order valence-corrected chi connectivity index (χ1v) is 10.2. The smallest absolute Gasteiger partial charge is 0.248 e. The van der Waals surface area contributed by atoms with Gasteiger partial charge in [0.25, 0.3) is 0 Å². The molecule has 2 heterocycles. The lowest BCUT2D eigenvalue weighted by atomic mass is 9.97. The Hall–Kier alpha value is -1.45. The largest absolute Gasteiger partial charge is 0.360 e.